The summed E-state index contributed by atoms with van der Waals surface area (Å²) in [5, 5.41) is 13.3. The van der Waals surface area contributed by atoms with Gasteiger partial charge in [0.25, 0.3) is 0 Å². The molecule has 1 heterocycles. The maximum Gasteiger partial charge on any atom is 0.387 e. The predicted octanol–water partition coefficient (Wildman–Crippen LogP) is 4.95. The minimum absolute atomic E-state index is 0.0410. The van der Waals surface area contributed by atoms with Crippen LogP contribution in [0.15, 0.2) is 60.7 Å². The van der Waals surface area contributed by atoms with Gasteiger partial charge in [0.15, 0.2) is 17.3 Å². The second kappa shape index (κ2) is 11.2. The largest absolute Gasteiger partial charge is 0.431 e. The average molecular weight is 511 g/mol. The van der Waals surface area contributed by atoms with Crippen LogP contribution >= 0.6 is 0 Å². The first-order valence-electron chi connectivity index (χ1n) is 11.6. The Hall–Kier alpha value is -4.34. The molecule has 10 heteroatoms. The number of ketones is 1. The number of ether oxygens (including phenoxy) is 1. The Morgan fingerprint density at radius 2 is 1.78 bits per heavy atom. The molecule has 0 aromatic heterocycles. The summed E-state index contributed by atoms with van der Waals surface area (Å²) in [5.41, 5.74) is 8.27. The Balaban J connectivity index is 1.70. The summed E-state index contributed by atoms with van der Waals surface area (Å²) in [7, 11) is 0. The van der Waals surface area contributed by atoms with Crippen molar-refractivity contribution in [3.05, 3.63) is 88.7 Å². The predicted molar refractivity (Wildman–Crippen MR) is 134 cm³/mol. The lowest BCUT2D eigenvalue weighted by molar-refractivity contribution is -0.120. The summed E-state index contributed by atoms with van der Waals surface area (Å²) >= 11 is 0. The van der Waals surface area contributed by atoms with E-state index in [9.17, 15) is 22.8 Å². The number of fused-ring (bicyclic) bond motifs is 4. The van der Waals surface area contributed by atoms with E-state index >= 15 is 0 Å². The molecule has 0 spiro atoms. The first kappa shape index (κ1) is 25.7. The number of nitrogens with two attached hydrogens (primary N) is 1. The fraction of sp³-hybridized carbons (Fsp3) is 0.222. The van der Waals surface area contributed by atoms with Crippen LogP contribution in [0.3, 0.4) is 0 Å². The molecule has 0 fully saturated rings. The zero-order chi connectivity index (χ0) is 26.5. The number of alkyl halides is 2. The molecule has 1 amide bonds. The van der Waals surface area contributed by atoms with Gasteiger partial charge in [-0.15, -0.1) is 0 Å². The van der Waals surface area contributed by atoms with Crippen LogP contribution in [0.4, 0.5) is 24.5 Å². The van der Waals surface area contributed by atoms with Crippen molar-refractivity contribution in [2.45, 2.75) is 38.3 Å². The summed E-state index contributed by atoms with van der Waals surface area (Å²) in [5.74, 6) is -2.43. The molecular weight excluding hydrogens is 485 g/mol. The molecule has 1 aliphatic rings. The van der Waals surface area contributed by atoms with E-state index in [0.29, 0.717) is 23.2 Å². The summed E-state index contributed by atoms with van der Waals surface area (Å²) < 4.78 is 45.0. The monoisotopic (exact) mass is 510 g/mol. The second-order valence-corrected chi connectivity index (χ2v) is 8.65. The maximum absolute atomic E-state index is 14.7. The van der Waals surface area contributed by atoms with Crippen LogP contribution in [0.25, 0.3) is 0 Å². The number of Topliss-reactive ketones (excluding diaryl/α,β-unsaturated/α-hetero) is 1. The summed E-state index contributed by atoms with van der Waals surface area (Å²) in [6.07, 6.45) is 0.247. The van der Waals surface area contributed by atoms with Gasteiger partial charge in [0.05, 0.1) is 0 Å². The number of halogens is 3. The van der Waals surface area contributed by atoms with Crippen molar-refractivity contribution < 1.29 is 27.5 Å². The third-order valence-corrected chi connectivity index (χ3v) is 6.01. The van der Waals surface area contributed by atoms with Crippen LogP contribution in [0.2, 0.25) is 0 Å². The number of amidine groups is 1. The van der Waals surface area contributed by atoms with Gasteiger partial charge in [-0.05, 0) is 59.9 Å². The van der Waals surface area contributed by atoms with Gasteiger partial charge >= 0.3 is 6.61 Å². The van der Waals surface area contributed by atoms with Crippen molar-refractivity contribution >= 4 is 28.9 Å². The van der Waals surface area contributed by atoms with E-state index in [1.807, 2.05) is 12.1 Å². The van der Waals surface area contributed by atoms with Crippen molar-refractivity contribution in [3.63, 3.8) is 0 Å². The Labute approximate surface area is 211 Å². The molecule has 7 nitrogen and oxygen atoms in total. The fourth-order valence-electron chi connectivity index (χ4n) is 4.20. The SMILES string of the molecule is N=C(N)c1ccc(N[C@H]2C(=O)CCc3cc(cc(F)c3OC(F)F)NC(=O)CCc3cccc2c3)cc1. The number of nitrogen functional groups attached to an aromatic ring is 1. The number of hydrogen-bond donors (Lipinski definition) is 4. The van der Waals surface area contributed by atoms with Gasteiger partial charge in [0.1, 0.15) is 11.9 Å². The number of nitrogens with one attached hydrogen (secondary N) is 3. The standard InChI is InChI=1S/C27H25F3N4O3/c28-21-14-20-13-18(25(21)37-27(29)30)7-10-22(35)24(34-19-8-5-16(6-9-19)26(31)32)17-3-1-2-15(12-17)4-11-23(36)33-20/h1-3,5-6,8-9,12-14,24,27,34H,4,7,10-11H2,(H3,31,32)(H,33,36)/t24-/m1/s1. The zero-order valence-corrected chi connectivity index (χ0v) is 19.7. The highest BCUT2D eigenvalue weighted by Gasteiger charge is 2.24. The molecule has 4 bridgehead atoms. The molecule has 3 aromatic carbocycles. The minimum Gasteiger partial charge on any atom is -0.431 e. The number of amides is 1. The Kier molecular flexibility index (Phi) is 7.76. The van der Waals surface area contributed by atoms with E-state index in [4.69, 9.17) is 11.1 Å². The molecule has 5 N–H and O–H groups in total. The summed E-state index contributed by atoms with van der Waals surface area (Å²) in [6, 6.07) is 15.4. The number of hydrogen-bond acceptors (Lipinski definition) is 5. The van der Waals surface area contributed by atoms with Gasteiger partial charge in [-0.2, -0.15) is 8.78 Å². The van der Waals surface area contributed by atoms with Gasteiger partial charge in [-0.3, -0.25) is 15.0 Å². The van der Waals surface area contributed by atoms with Crippen molar-refractivity contribution in [1.29, 1.82) is 5.41 Å². The van der Waals surface area contributed by atoms with Crippen molar-refractivity contribution in [2.24, 2.45) is 5.73 Å². The first-order valence-corrected chi connectivity index (χ1v) is 11.6. The smallest absolute Gasteiger partial charge is 0.387 e. The third kappa shape index (κ3) is 6.46. The van der Waals surface area contributed by atoms with Crippen molar-refractivity contribution in [3.8, 4) is 5.75 Å². The molecule has 0 saturated carbocycles. The summed E-state index contributed by atoms with van der Waals surface area (Å²) in [6.45, 7) is -3.26. The highest BCUT2D eigenvalue weighted by Crippen LogP contribution is 2.32. The number of anilines is 2. The zero-order valence-electron chi connectivity index (χ0n) is 19.7. The Bertz CT molecular complexity index is 1330. The van der Waals surface area contributed by atoms with Gasteiger partial charge in [-0.25, -0.2) is 4.39 Å². The normalized spacial score (nSPS) is 16.1. The molecule has 0 unspecified atom stereocenters. The molecule has 37 heavy (non-hydrogen) atoms. The molecule has 0 saturated heterocycles. The van der Waals surface area contributed by atoms with Crippen LogP contribution < -0.4 is 21.1 Å². The molecule has 0 radical (unpaired) electrons. The van der Waals surface area contributed by atoms with E-state index in [-0.39, 0.29) is 48.0 Å². The highest BCUT2D eigenvalue weighted by molar-refractivity contribution is 5.95. The lowest BCUT2D eigenvalue weighted by Crippen LogP contribution is -2.22. The molecule has 3 aromatic rings. The van der Waals surface area contributed by atoms with Crippen LogP contribution in [0.5, 0.6) is 5.75 Å². The maximum atomic E-state index is 14.7. The first-order chi connectivity index (χ1) is 17.7. The van der Waals surface area contributed by atoms with Crippen LogP contribution in [-0.2, 0) is 22.4 Å². The van der Waals surface area contributed by atoms with Gasteiger partial charge in [-0.1, -0.05) is 24.3 Å². The molecule has 192 valence electrons. The fourth-order valence-corrected chi connectivity index (χ4v) is 4.20. The molecule has 4 rings (SSSR count). The minimum atomic E-state index is -3.26. The van der Waals surface area contributed by atoms with E-state index in [2.05, 4.69) is 15.4 Å². The van der Waals surface area contributed by atoms with Crippen LogP contribution in [-0.4, -0.2) is 24.1 Å². The van der Waals surface area contributed by atoms with Crippen LogP contribution in [0.1, 0.15) is 41.1 Å². The van der Waals surface area contributed by atoms with Crippen molar-refractivity contribution in [2.75, 3.05) is 10.6 Å². The van der Waals surface area contributed by atoms with E-state index in [1.54, 1.807) is 36.4 Å². The lowest BCUT2D eigenvalue weighted by atomic mass is 9.94. The van der Waals surface area contributed by atoms with Gasteiger partial charge in [0.2, 0.25) is 5.91 Å². The number of carbonyl (C=O) groups excluding carboxylic acids is 2. The molecule has 1 aliphatic heterocycles. The van der Waals surface area contributed by atoms with E-state index in [0.717, 1.165) is 11.6 Å². The third-order valence-electron chi connectivity index (χ3n) is 6.01. The van der Waals surface area contributed by atoms with Crippen molar-refractivity contribution in [1.82, 2.24) is 0 Å². The summed E-state index contributed by atoms with van der Waals surface area (Å²) in [4.78, 5) is 26.0. The molecular formula is C27H25F3N4O3. The van der Waals surface area contributed by atoms with Crippen LogP contribution in [0, 0.1) is 11.2 Å². The number of carbonyl (C=O) groups is 2. The highest BCUT2D eigenvalue weighted by atomic mass is 19.3. The molecule has 1 atom stereocenters. The van der Waals surface area contributed by atoms with Gasteiger partial charge < -0.3 is 21.1 Å². The average Bonchev–Trinajstić information content (AvgIpc) is 2.86. The topological polar surface area (TPSA) is 117 Å². The Morgan fingerprint density at radius 1 is 1.03 bits per heavy atom. The lowest BCUT2D eigenvalue weighted by Gasteiger charge is -2.21. The number of aryl methyl sites for hydroxylation is 2. The van der Waals surface area contributed by atoms with E-state index in [1.165, 1.54) is 6.07 Å². The quantitative estimate of drug-likeness (QED) is 0.286. The number of rotatable bonds is 5. The van der Waals surface area contributed by atoms with E-state index < -0.39 is 24.2 Å². The Morgan fingerprint density at radius 3 is 2.49 bits per heavy atom. The van der Waals surface area contributed by atoms with Gasteiger partial charge in [0, 0.05) is 35.8 Å². The molecule has 0 aliphatic carbocycles. The number of benzene rings is 3. The second-order valence-electron chi connectivity index (χ2n) is 8.65.